The minimum Gasteiger partial charge on any atom is -0.397 e. The monoisotopic (exact) mass is 250 g/mol. The lowest BCUT2D eigenvalue weighted by Gasteiger charge is -2.26. The Kier molecular flexibility index (Phi) is 4.45. The Balaban J connectivity index is 1.92. The molecule has 0 atom stereocenters. The fourth-order valence-electron chi connectivity index (χ4n) is 2.90. The van der Waals surface area contributed by atoms with Crippen LogP contribution in [-0.4, -0.2) is 13.6 Å². The van der Waals surface area contributed by atoms with E-state index in [2.05, 4.69) is 0 Å². The van der Waals surface area contributed by atoms with E-state index in [-0.39, 0.29) is 5.82 Å². The van der Waals surface area contributed by atoms with E-state index in [9.17, 15) is 4.39 Å². The van der Waals surface area contributed by atoms with Crippen molar-refractivity contribution >= 4 is 11.4 Å². The smallest absolute Gasteiger partial charge is 0.148 e. The SMILES string of the molecule is CN(CCC1CCCCC1)c1c(N)cccc1F. The molecular formula is C15H23FN2. The molecule has 2 nitrogen and oxygen atoms in total. The Morgan fingerprint density at radius 3 is 2.67 bits per heavy atom. The molecule has 100 valence electrons. The summed E-state index contributed by atoms with van der Waals surface area (Å²) in [6, 6.07) is 4.89. The van der Waals surface area contributed by atoms with Gasteiger partial charge in [-0.15, -0.1) is 0 Å². The second kappa shape index (κ2) is 6.07. The van der Waals surface area contributed by atoms with Crippen molar-refractivity contribution in [1.29, 1.82) is 0 Å². The number of anilines is 2. The number of hydrogen-bond donors (Lipinski definition) is 1. The van der Waals surface area contributed by atoms with E-state index in [1.807, 2.05) is 11.9 Å². The summed E-state index contributed by atoms with van der Waals surface area (Å²) in [4.78, 5) is 1.96. The van der Waals surface area contributed by atoms with Crippen LogP contribution in [0.1, 0.15) is 38.5 Å². The lowest BCUT2D eigenvalue weighted by Crippen LogP contribution is -2.23. The lowest BCUT2D eigenvalue weighted by molar-refractivity contribution is 0.341. The van der Waals surface area contributed by atoms with Gasteiger partial charge < -0.3 is 10.6 Å². The highest BCUT2D eigenvalue weighted by Gasteiger charge is 2.16. The summed E-state index contributed by atoms with van der Waals surface area (Å²) in [5.41, 5.74) is 6.93. The van der Waals surface area contributed by atoms with Gasteiger partial charge in [0.25, 0.3) is 0 Å². The number of para-hydroxylation sites is 1. The molecule has 1 aromatic carbocycles. The van der Waals surface area contributed by atoms with Crippen molar-refractivity contribution in [3.63, 3.8) is 0 Å². The van der Waals surface area contributed by atoms with Crippen LogP contribution >= 0.6 is 0 Å². The fourth-order valence-corrected chi connectivity index (χ4v) is 2.90. The second-order valence-electron chi connectivity index (χ2n) is 5.39. The summed E-state index contributed by atoms with van der Waals surface area (Å²) in [6.07, 6.45) is 7.91. The summed E-state index contributed by atoms with van der Waals surface area (Å²) in [5, 5.41) is 0. The first-order chi connectivity index (χ1) is 8.68. The van der Waals surface area contributed by atoms with Gasteiger partial charge in [0.1, 0.15) is 5.82 Å². The average Bonchev–Trinajstić information content (AvgIpc) is 2.37. The molecule has 0 amide bonds. The van der Waals surface area contributed by atoms with Crippen LogP contribution in [0, 0.1) is 11.7 Å². The molecule has 0 bridgehead atoms. The zero-order chi connectivity index (χ0) is 13.0. The van der Waals surface area contributed by atoms with E-state index in [1.54, 1.807) is 12.1 Å². The van der Waals surface area contributed by atoms with Gasteiger partial charge in [-0.2, -0.15) is 0 Å². The van der Waals surface area contributed by atoms with E-state index in [1.165, 1.54) is 38.2 Å². The highest BCUT2D eigenvalue weighted by Crippen LogP contribution is 2.29. The molecule has 0 heterocycles. The van der Waals surface area contributed by atoms with Gasteiger partial charge in [0.15, 0.2) is 0 Å². The normalized spacial score (nSPS) is 16.8. The Labute approximate surface area is 109 Å². The number of nitrogens with zero attached hydrogens (tertiary/aromatic N) is 1. The fraction of sp³-hybridized carbons (Fsp3) is 0.600. The molecule has 2 N–H and O–H groups in total. The quantitative estimate of drug-likeness (QED) is 0.823. The highest BCUT2D eigenvalue weighted by molar-refractivity contribution is 5.67. The Bertz CT molecular complexity index is 366. The standard InChI is InChI=1S/C15H23FN2/c1-18(11-10-12-6-3-2-4-7-12)15-13(16)8-5-9-14(15)17/h5,8-9,12H,2-4,6-7,10-11,17H2,1H3. The Morgan fingerprint density at radius 2 is 2.00 bits per heavy atom. The third-order valence-corrected chi connectivity index (χ3v) is 4.00. The molecule has 0 aromatic heterocycles. The molecule has 1 saturated carbocycles. The predicted octanol–water partition coefficient (Wildman–Crippen LogP) is 3.81. The first-order valence-corrected chi connectivity index (χ1v) is 6.93. The first-order valence-electron chi connectivity index (χ1n) is 6.93. The van der Waals surface area contributed by atoms with Crippen molar-refractivity contribution in [2.75, 3.05) is 24.2 Å². The zero-order valence-corrected chi connectivity index (χ0v) is 11.2. The zero-order valence-electron chi connectivity index (χ0n) is 11.2. The van der Waals surface area contributed by atoms with E-state index in [0.29, 0.717) is 11.4 Å². The van der Waals surface area contributed by atoms with Crippen LogP contribution in [-0.2, 0) is 0 Å². The molecule has 2 rings (SSSR count). The molecule has 18 heavy (non-hydrogen) atoms. The maximum absolute atomic E-state index is 13.7. The molecule has 0 aliphatic heterocycles. The van der Waals surface area contributed by atoms with Crippen LogP contribution < -0.4 is 10.6 Å². The summed E-state index contributed by atoms with van der Waals surface area (Å²) in [6.45, 7) is 0.885. The van der Waals surface area contributed by atoms with Crippen molar-refractivity contribution in [3.05, 3.63) is 24.0 Å². The van der Waals surface area contributed by atoms with Gasteiger partial charge in [-0.25, -0.2) is 4.39 Å². The minimum absolute atomic E-state index is 0.221. The van der Waals surface area contributed by atoms with Crippen molar-refractivity contribution in [3.8, 4) is 0 Å². The van der Waals surface area contributed by atoms with Gasteiger partial charge in [-0.3, -0.25) is 0 Å². The second-order valence-corrected chi connectivity index (χ2v) is 5.39. The van der Waals surface area contributed by atoms with Crippen LogP contribution in [0.5, 0.6) is 0 Å². The number of rotatable bonds is 4. The van der Waals surface area contributed by atoms with Gasteiger partial charge in [0.2, 0.25) is 0 Å². The lowest BCUT2D eigenvalue weighted by atomic mass is 9.87. The average molecular weight is 250 g/mol. The van der Waals surface area contributed by atoms with Gasteiger partial charge in [-0.05, 0) is 24.5 Å². The largest absolute Gasteiger partial charge is 0.397 e. The molecule has 1 fully saturated rings. The van der Waals surface area contributed by atoms with Crippen LogP contribution in [0.25, 0.3) is 0 Å². The van der Waals surface area contributed by atoms with Crippen LogP contribution in [0.4, 0.5) is 15.8 Å². The third-order valence-electron chi connectivity index (χ3n) is 4.00. The first kappa shape index (κ1) is 13.2. The number of nitrogens with two attached hydrogens (primary N) is 1. The molecule has 0 unspecified atom stereocenters. The van der Waals surface area contributed by atoms with Gasteiger partial charge in [-0.1, -0.05) is 38.2 Å². The van der Waals surface area contributed by atoms with Gasteiger partial charge in [0.05, 0.1) is 11.4 Å². The molecule has 1 aromatic rings. The van der Waals surface area contributed by atoms with E-state index < -0.39 is 0 Å². The highest BCUT2D eigenvalue weighted by atomic mass is 19.1. The summed E-state index contributed by atoms with van der Waals surface area (Å²) < 4.78 is 13.7. The van der Waals surface area contributed by atoms with Crippen molar-refractivity contribution in [1.82, 2.24) is 0 Å². The van der Waals surface area contributed by atoms with Crippen molar-refractivity contribution < 1.29 is 4.39 Å². The Morgan fingerprint density at radius 1 is 1.28 bits per heavy atom. The molecule has 1 aliphatic carbocycles. The molecule has 0 saturated heterocycles. The molecular weight excluding hydrogens is 227 g/mol. The number of nitrogen functional groups attached to an aromatic ring is 1. The molecule has 3 heteroatoms. The number of hydrogen-bond acceptors (Lipinski definition) is 2. The van der Waals surface area contributed by atoms with Crippen LogP contribution in [0.15, 0.2) is 18.2 Å². The van der Waals surface area contributed by atoms with Gasteiger partial charge in [0, 0.05) is 13.6 Å². The van der Waals surface area contributed by atoms with Crippen molar-refractivity contribution in [2.24, 2.45) is 5.92 Å². The van der Waals surface area contributed by atoms with Crippen LogP contribution in [0.3, 0.4) is 0 Å². The topological polar surface area (TPSA) is 29.3 Å². The van der Waals surface area contributed by atoms with E-state index >= 15 is 0 Å². The van der Waals surface area contributed by atoms with Gasteiger partial charge >= 0.3 is 0 Å². The van der Waals surface area contributed by atoms with Crippen LogP contribution in [0.2, 0.25) is 0 Å². The van der Waals surface area contributed by atoms with E-state index in [4.69, 9.17) is 5.73 Å². The molecule has 0 radical (unpaired) electrons. The molecule has 1 aliphatic rings. The predicted molar refractivity (Wildman–Crippen MR) is 75.3 cm³/mol. The Hall–Kier alpha value is -1.25. The summed E-state index contributed by atoms with van der Waals surface area (Å²) in [7, 11) is 1.93. The van der Waals surface area contributed by atoms with Crippen molar-refractivity contribution in [2.45, 2.75) is 38.5 Å². The number of benzene rings is 1. The molecule has 0 spiro atoms. The summed E-state index contributed by atoms with van der Waals surface area (Å²) >= 11 is 0. The van der Waals surface area contributed by atoms with E-state index in [0.717, 1.165) is 18.9 Å². The maximum atomic E-state index is 13.7. The maximum Gasteiger partial charge on any atom is 0.148 e. The minimum atomic E-state index is -0.221. The number of halogens is 1. The third kappa shape index (κ3) is 3.15. The summed E-state index contributed by atoms with van der Waals surface area (Å²) in [5.74, 6) is 0.593.